The van der Waals surface area contributed by atoms with Gasteiger partial charge in [-0.15, -0.1) is 0 Å². The van der Waals surface area contributed by atoms with Gasteiger partial charge in [-0.2, -0.15) is 0 Å². The third-order valence-electron chi connectivity index (χ3n) is 3.47. The minimum atomic E-state index is -0.0661. The van der Waals surface area contributed by atoms with Crippen LogP contribution in [0.3, 0.4) is 0 Å². The number of rotatable bonds is 3. The Morgan fingerprint density at radius 1 is 1.63 bits per heavy atom. The minimum Gasteiger partial charge on any atom is -0.377 e. The molecule has 2 atom stereocenters. The number of carbonyl (C=O) groups is 1. The van der Waals surface area contributed by atoms with Gasteiger partial charge in [0.15, 0.2) is 0 Å². The first-order valence-electron chi connectivity index (χ1n) is 6.66. The van der Waals surface area contributed by atoms with Crippen LogP contribution in [0.5, 0.6) is 0 Å². The average molecular weight is 327 g/mol. The zero-order valence-electron chi connectivity index (χ0n) is 11.3. The maximum atomic E-state index is 12.3. The van der Waals surface area contributed by atoms with E-state index in [1.54, 1.807) is 6.20 Å². The molecule has 1 N–H and O–H groups in total. The van der Waals surface area contributed by atoms with Crippen LogP contribution in [0.2, 0.25) is 0 Å². The Balaban J connectivity index is 2.07. The first kappa shape index (κ1) is 14.5. The SMILES string of the molecule is CCC1OCCCC1C(=O)Nc1ncc(Br)cc1C. The predicted molar refractivity (Wildman–Crippen MR) is 78.1 cm³/mol. The fraction of sp³-hybridized carbons (Fsp3) is 0.571. The molecule has 0 radical (unpaired) electrons. The van der Waals surface area contributed by atoms with Gasteiger partial charge in [0.1, 0.15) is 5.82 Å². The number of hydrogen-bond donors (Lipinski definition) is 1. The summed E-state index contributed by atoms with van der Waals surface area (Å²) in [5.41, 5.74) is 0.951. The van der Waals surface area contributed by atoms with E-state index in [1.807, 2.05) is 13.0 Å². The van der Waals surface area contributed by atoms with Gasteiger partial charge in [0.25, 0.3) is 0 Å². The monoisotopic (exact) mass is 326 g/mol. The molecule has 19 heavy (non-hydrogen) atoms. The van der Waals surface area contributed by atoms with E-state index in [4.69, 9.17) is 4.74 Å². The topological polar surface area (TPSA) is 51.2 Å². The van der Waals surface area contributed by atoms with Crippen LogP contribution in [-0.4, -0.2) is 23.6 Å². The Hall–Kier alpha value is -0.940. The number of anilines is 1. The van der Waals surface area contributed by atoms with E-state index in [1.165, 1.54) is 0 Å². The van der Waals surface area contributed by atoms with Crippen molar-refractivity contribution in [1.82, 2.24) is 4.98 Å². The Bertz CT molecular complexity index is 465. The molecular formula is C14H19BrN2O2. The van der Waals surface area contributed by atoms with Crippen molar-refractivity contribution >= 4 is 27.7 Å². The molecule has 2 rings (SSSR count). The van der Waals surface area contributed by atoms with Gasteiger partial charge >= 0.3 is 0 Å². The van der Waals surface area contributed by atoms with Crippen LogP contribution >= 0.6 is 15.9 Å². The smallest absolute Gasteiger partial charge is 0.231 e. The Kier molecular flexibility index (Phi) is 4.93. The highest BCUT2D eigenvalue weighted by Gasteiger charge is 2.30. The van der Waals surface area contributed by atoms with Crippen LogP contribution in [0.1, 0.15) is 31.7 Å². The largest absolute Gasteiger partial charge is 0.377 e. The van der Waals surface area contributed by atoms with Crippen molar-refractivity contribution in [2.45, 2.75) is 39.2 Å². The minimum absolute atomic E-state index is 0.0180. The molecule has 1 fully saturated rings. The molecule has 1 amide bonds. The lowest BCUT2D eigenvalue weighted by Crippen LogP contribution is -2.38. The van der Waals surface area contributed by atoms with Crippen LogP contribution in [0.25, 0.3) is 0 Å². The van der Waals surface area contributed by atoms with Crippen LogP contribution in [-0.2, 0) is 9.53 Å². The van der Waals surface area contributed by atoms with Gasteiger partial charge in [0.05, 0.1) is 12.0 Å². The lowest BCUT2D eigenvalue weighted by Gasteiger charge is -2.30. The molecule has 0 aromatic carbocycles. The summed E-state index contributed by atoms with van der Waals surface area (Å²) in [6.07, 6.45) is 4.42. The number of hydrogen-bond acceptors (Lipinski definition) is 3. The number of halogens is 1. The lowest BCUT2D eigenvalue weighted by molar-refractivity contribution is -0.129. The summed E-state index contributed by atoms with van der Waals surface area (Å²) in [6.45, 7) is 4.75. The molecule has 1 aliphatic rings. The Morgan fingerprint density at radius 2 is 2.42 bits per heavy atom. The second-order valence-electron chi connectivity index (χ2n) is 4.87. The Labute approximate surface area is 122 Å². The second kappa shape index (κ2) is 6.48. The zero-order chi connectivity index (χ0) is 13.8. The van der Waals surface area contributed by atoms with Crippen molar-refractivity contribution in [1.29, 1.82) is 0 Å². The van der Waals surface area contributed by atoms with Gasteiger partial charge in [0.2, 0.25) is 5.91 Å². The zero-order valence-corrected chi connectivity index (χ0v) is 12.9. The van der Waals surface area contributed by atoms with Crippen LogP contribution in [0, 0.1) is 12.8 Å². The summed E-state index contributed by atoms with van der Waals surface area (Å²) in [5, 5.41) is 2.92. The van der Waals surface area contributed by atoms with E-state index in [0.717, 1.165) is 35.9 Å². The van der Waals surface area contributed by atoms with E-state index in [0.29, 0.717) is 5.82 Å². The normalized spacial score (nSPS) is 23.1. The van der Waals surface area contributed by atoms with Gasteiger partial charge in [-0.1, -0.05) is 6.92 Å². The highest BCUT2D eigenvalue weighted by Crippen LogP contribution is 2.25. The van der Waals surface area contributed by atoms with Crippen LogP contribution in [0.4, 0.5) is 5.82 Å². The standard InChI is InChI=1S/C14H19BrN2O2/c1-3-12-11(5-4-6-19-12)14(18)17-13-9(2)7-10(15)8-16-13/h7-8,11-12H,3-6H2,1-2H3,(H,16,17,18). The fourth-order valence-corrected chi connectivity index (χ4v) is 2.87. The van der Waals surface area contributed by atoms with Crippen molar-refractivity contribution in [3.8, 4) is 0 Å². The molecule has 0 bridgehead atoms. The predicted octanol–water partition coefficient (Wildman–Crippen LogP) is 3.30. The summed E-state index contributed by atoms with van der Waals surface area (Å²) in [4.78, 5) is 16.6. The number of carbonyl (C=O) groups excluding carboxylic acids is 1. The van der Waals surface area contributed by atoms with E-state index < -0.39 is 0 Å². The molecule has 1 aromatic heterocycles. The van der Waals surface area contributed by atoms with Crippen molar-refractivity contribution in [2.24, 2.45) is 5.92 Å². The lowest BCUT2D eigenvalue weighted by atomic mass is 9.92. The third-order valence-corrected chi connectivity index (χ3v) is 3.90. The maximum absolute atomic E-state index is 12.3. The van der Waals surface area contributed by atoms with Crippen molar-refractivity contribution in [3.63, 3.8) is 0 Å². The maximum Gasteiger partial charge on any atom is 0.231 e. The average Bonchev–Trinajstić information content (AvgIpc) is 2.41. The number of ether oxygens (including phenoxy) is 1. The molecule has 0 aliphatic carbocycles. The molecule has 1 aliphatic heterocycles. The molecule has 4 nitrogen and oxygen atoms in total. The first-order chi connectivity index (χ1) is 9.11. The summed E-state index contributed by atoms with van der Waals surface area (Å²) >= 11 is 3.36. The van der Waals surface area contributed by atoms with E-state index in [9.17, 15) is 4.79 Å². The quantitative estimate of drug-likeness (QED) is 0.927. The summed E-state index contributed by atoms with van der Waals surface area (Å²) in [5.74, 6) is 0.585. The molecule has 104 valence electrons. The fourth-order valence-electron chi connectivity index (χ4n) is 2.42. The van der Waals surface area contributed by atoms with Gasteiger partial charge in [0, 0.05) is 17.3 Å². The van der Waals surface area contributed by atoms with Crippen LogP contribution in [0.15, 0.2) is 16.7 Å². The number of aromatic nitrogens is 1. The van der Waals surface area contributed by atoms with Gasteiger partial charge in [-0.3, -0.25) is 4.79 Å². The van der Waals surface area contributed by atoms with Gasteiger partial charge in [-0.05, 0) is 53.7 Å². The molecule has 1 saturated heterocycles. The van der Waals surface area contributed by atoms with Crippen molar-refractivity contribution < 1.29 is 9.53 Å². The molecule has 2 unspecified atom stereocenters. The van der Waals surface area contributed by atoms with Crippen LogP contribution < -0.4 is 5.32 Å². The van der Waals surface area contributed by atoms with E-state index >= 15 is 0 Å². The van der Waals surface area contributed by atoms with E-state index in [-0.39, 0.29) is 17.9 Å². The number of amides is 1. The number of nitrogens with zero attached hydrogens (tertiary/aromatic N) is 1. The molecular weight excluding hydrogens is 308 g/mol. The second-order valence-corrected chi connectivity index (χ2v) is 5.79. The Morgan fingerprint density at radius 3 is 3.11 bits per heavy atom. The molecule has 5 heteroatoms. The number of aryl methyl sites for hydroxylation is 1. The summed E-state index contributed by atoms with van der Waals surface area (Å²) in [7, 11) is 0. The highest BCUT2D eigenvalue weighted by atomic mass is 79.9. The summed E-state index contributed by atoms with van der Waals surface area (Å²) < 4.78 is 6.57. The van der Waals surface area contributed by atoms with Crippen molar-refractivity contribution in [3.05, 3.63) is 22.3 Å². The van der Waals surface area contributed by atoms with Gasteiger partial charge in [-0.25, -0.2) is 4.98 Å². The number of nitrogens with one attached hydrogen (secondary N) is 1. The van der Waals surface area contributed by atoms with Gasteiger partial charge < -0.3 is 10.1 Å². The third kappa shape index (κ3) is 3.54. The first-order valence-corrected chi connectivity index (χ1v) is 7.45. The van der Waals surface area contributed by atoms with Crippen molar-refractivity contribution in [2.75, 3.05) is 11.9 Å². The van der Waals surface area contributed by atoms with E-state index in [2.05, 4.69) is 33.2 Å². The molecule has 1 aromatic rings. The summed E-state index contributed by atoms with van der Waals surface area (Å²) in [6, 6.07) is 1.94. The molecule has 0 saturated carbocycles. The molecule has 0 spiro atoms. The molecule has 2 heterocycles. The number of pyridine rings is 1. The highest BCUT2D eigenvalue weighted by molar-refractivity contribution is 9.10.